The molecule has 7 heteroatoms. The van der Waals surface area contributed by atoms with Crippen LogP contribution in [0.3, 0.4) is 0 Å². The maximum atomic E-state index is 11.9. The molecule has 20 heavy (non-hydrogen) atoms. The smallest absolute Gasteiger partial charge is 0.384 e. The van der Waals surface area contributed by atoms with Crippen molar-refractivity contribution in [2.75, 3.05) is 24.2 Å². The normalized spacial score (nSPS) is 11.2. The minimum absolute atomic E-state index is 0.0227. The van der Waals surface area contributed by atoms with Crippen LogP contribution in [0.25, 0.3) is 0 Å². The highest BCUT2D eigenvalue weighted by molar-refractivity contribution is 8.00. The molecule has 0 atom stereocenters. The van der Waals surface area contributed by atoms with E-state index in [9.17, 15) is 18.0 Å². The Morgan fingerprint density at radius 3 is 2.60 bits per heavy atom. The molecular formula is C13H17F3N2OS. The van der Waals surface area contributed by atoms with Gasteiger partial charge in [-0.25, -0.2) is 0 Å². The number of anilines is 1. The van der Waals surface area contributed by atoms with Gasteiger partial charge in [0.1, 0.15) is 0 Å². The summed E-state index contributed by atoms with van der Waals surface area (Å²) in [5, 5.41) is 5.60. The molecule has 1 amide bonds. The Morgan fingerprint density at radius 2 is 1.95 bits per heavy atom. The van der Waals surface area contributed by atoms with Gasteiger partial charge in [-0.1, -0.05) is 19.1 Å². The Bertz CT molecular complexity index is 438. The lowest BCUT2D eigenvalue weighted by Gasteiger charge is -2.12. The Morgan fingerprint density at radius 1 is 1.25 bits per heavy atom. The number of carbonyl (C=O) groups excluding carboxylic acids is 1. The summed E-state index contributed by atoms with van der Waals surface area (Å²) in [6, 6.07) is 6.93. The van der Waals surface area contributed by atoms with Gasteiger partial charge in [-0.15, -0.1) is 0 Å². The molecule has 112 valence electrons. The molecule has 0 aliphatic rings. The van der Waals surface area contributed by atoms with E-state index in [4.69, 9.17) is 0 Å². The van der Waals surface area contributed by atoms with E-state index >= 15 is 0 Å². The third kappa shape index (κ3) is 6.18. The Kier molecular flexibility index (Phi) is 6.70. The molecule has 0 aliphatic heterocycles. The zero-order valence-corrected chi connectivity index (χ0v) is 11.9. The average Bonchev–Trinajstić information content (AvgIpc) is 2.40. The fraction of sp³-hybridized carbons (Fsp3) is 0.462. The molecular weight excluding hydrogens is 289 g/mol. The number of hydrogen-bond donors (Lipinski definition) is 2. The van der Waals surface area contributed by atoms with Gasteiger partial charge in [-0.05, 0) is 30.3 Å². The first-order valence-electron chi connectivity index (χ1n) is 6.26. The van der Waals surface area contributed by atoms with Crippen LogP contribution in [0.4, 0.5) is 18.9 Å². The van der Waals surface area contributed by atoms with Crippen molar-refractivity contribution >= 4 is 23.4 Å². The Balaban J connectivity index is 2.50. The van der Waals surface area contributed by atoms with Gasteiger partial charge in [0.25, 0.3) is 5.91 Å². The van der Waals surface area contributed by atoms with Gasteiger partial charge in [0.2, 0.25) is 0 Å². The number of alkyl halides is 3. The number of para-hydroxylation sites is 1. The van der Waals surface area contributed by atoms with Crippen molar-refractivity contribution in [1.82, 2.24) is 5.32 Å². The Labute approximate surface area is 120 Å². The van der Waals surface area contributed by atoms with Crippen molar-refractivity contribution in [3.63, 3.8) is 0 Å². The molecule has 0 aromatic heterocycles. The molecule has 0 saturated heterocycles. The van der Waals surface area contributed by atoms with E-state index in [0.717, 1.165) is 13.0 Å². The van der Waals surface area contributed by atoms with Crippen LogP contribution in [0.2, 0.25) is 0 Å². The van der Waals surface area contributed by atoms with E-state index in [2.05, 4.69) is 10.6 Å². The number of hydrogen-bond acceptors (Lipinski definition) is 3. The molecule has 0 bridgehead atoms. The predicted octanol–water partition coefficient (Wildman–Crippen LogP) is 3.49. The topological polar surface area (TPSA) is 41.1 Å². The lowest BCUT2D eigenvalue weighted by molar-refractivity contribution is -0.0327. The van der Waals surface area contributed by atoms with Gasteiger partial charge >= 0.3 is 5.51 Å². The largest absolute Gasteiger partial charge is 0.441 e. The summed E-state index contributed by atoms with van der Waals surface area (Å²) in [5.41, 5.74) is -3.13. The quantitative estimate of drug-likeness (QED) is 0.758. The second kappa shape index (κ2) is 8.04. The number of halogens is 3. The first kappa shape index (κ1) is 16.7. The van der Waals surface area contributed by atoms with Crippen LogP contribution in [-0.2, 0) is 0 Å². The van der Waals surface area contributed by atoms with Crippen molar-refractivity contribution < 1.29 is 18.0 Å². The van der Waals surface area contributed by atoms with E-state index in [1.54, 1.807) is 24.3 Å². The van der Waals surface area contributed by atoms with Crippen molar-refractivity contribution in [2.24, 2.45) is 0 Å². The number of amides is 1. The summed E-state index contributed by atoms with van der Waals surface area (Å²) < 4.78 is 35.8. The van der Waals surface area contributed by atoms with Crippen LogP contribution in [-0.4, -0.2) is 30.3 Å². The second-order valence-corrected chi connectivity index (χ2v) is 5.18. The van der Waals surface area contributed by atoms with Crippen molar-refractivity contribution in [3.05, 3.63) is 29.8 Å². The first-order valence-corrected chi connectivity index (χ1v) is 7.24. The summed E-state index contributed by atoms with van der Waals surface area (Å²) in [5.74, 6) is -0.563. The second-order valence-electron chi connectivity index (χ2n) is 4.02. The van der Waals surface area contributed by atoms with E-state index in [1.807, 2.05) is 6.92 Å². The first-order chi connectivity index (χ1) is 9.44. The molecule has 1 aromatic carbocycles. The number of benzene rings is 1. The van der Waals surface area contributed by atoms with Gasteiger partial charge < -0.3 is 10.6 Å². The molecule has 3 nitrogen and oxygen atoms in total. The monoisotopic (exact) mass is 306 g/mol. The molecule has 0 spiro atoms. The molecule has 0 unspecified atom stereocenters. The molecule has 0 heterocycles. The van der Waals surface area contributed by atoms with Gasteiger partial charge in [-0.2, -0.15) is 13.2 Å². The summed E-state index contributed by atoms with van der Waals surface area (Å²) in [7, 11) is 0. The highest BCUT2D eigenvalue weighted by atomic mass is 32.2. The minimum atomic E-state index is -4.26. The summed E-state index contributed by atoms with van der Waals surface area (Å²) in [4.78, 5) is 11.9. The standard InChI is InChI=1S/C13H17F3N2OS/c1-2-7-17-11-6-4-3-5-10(11)12(19)18-8-9-20-13(14,15)16/h3-6,17H,2,7-9H2,1H3,(H,18,19). The Hall–Kier alpha value is -1.37. The van der Waals surface area contributed by atoms with Crippen molar-refractivity contribution in [3.8, 4) is 0 Å². The lowest BCUT2D eigenvalue weighted by atomic mass is 10.1. The fourth-order valence-corrected chi connectivity index (χ4v) is 1.96. The van der Waals surface area contributed by atoms with Crippen molar-refractivity contribution in [2.45, 2.75) is 18.9 Å². The fourth-order valence-electron chi connectivity index (χ4n) is 1.52. The van der Waals surface area contributed by atoms with Gasteiger partial charge in [0, 0.05) is 24.5 Å². The number of rotatable bonds is 7. The zero-order chi connectivity index (χ0) is 15.0. The highest BCUT2D eigenvalue weighted by Crippen LogP contribution is 2.29. The predicted molar refractivity (Wildman–Crippen MR) is 76.1 cm³/mol. The molecule has 0 aliphatic carbocycles. The summed E-state index contributed by atoms with van der Waals surface area (Å²) in [6.45, 7) is 2.71. The van der Waals surface area contributed by atoms with Crippen molar-refractivity contribution in [1.29, 1.82) is 0 Å². The molecule has 1 aromatic rings. The van der Waals surface area contributed by atoms with Crippen LogP contribution >= 0.6 is 11.8 Å². The van der Waals surface area contributed by atoms with Crippen LogP contribution in [0.15, 0.2) is 24.3 Å². The van der Waals surface area contributed by atoms with Crippen LogP contribution < -0.4 is 10.6 Å². The van der Waals surface area contributed by atoms with Gasteiger partial charge in [-0.3, -0.25) is 4.79 Å². The minimum Gasteiger partial charge on any atom is -0.384 e. The van der Waals surface area contributed by atoms with E-state index in [-0.39, 0.29) is 30.0 Å². The molecule has 0 radical (unpaired) electrons. The lowest BCUT2D eigenvalue weighted by Crippen LogP contribution is -2.27. The molecule has 1 rings (SSSR count). The van der Waals surface area contributed by atoms with Crippen LogP contribution in [0, 0.1) is 0 Å². The number of thioether (sulfide) groups is 1. The summed E-state index contributed by atoms with van der Waals surface area (Å²) >= 11 is -0.142. The number of carbonyl (C=O) groups is 1. The average molecular weight is 306 g/mol. The van der Waals surface area contributed by atoms with Crippen LogP contribution in [0.5, 0.6) is 0 Å². The van der Waals surface area contributed by atoms with Gasteiger partial charge in [0.15, 0.2) is 0 Å². The van der Waals surface area contributed by atoms with Gasteiger partial charge in [0.05, 0.1) is 5.56 Å². The third-order valence-electron chi connectivity index (χ3n) is 2.39. The van der Waals surface area contributed by atoms with Crippen LogP contribution in [0.1, 0.15) is 23.7 Å². The maximum Gasteiger partial charge on any atom is 0.441 e. The molecule has 0 saturated carbocycles. The number of nitrogens with one attached hydrogen (secondary N) is 2. The molecule has 0 fully saturated rings. The zero-order valence-electron chi connectivity index (χ0n) is 11.1. The maximum absolute atomic E-state index is 11.9. The summed E-state index contributed by atoms with van der Waals surface area (Å²) in [6.07, 6.45) is 0.915. The van der Waals surface area contributed by atoms with E-state index < -0.39 is 5.51 Å². The molecule has 2 N–H and O–H groups in total. The van der Waals surface area contributed by atoms with E-state index in [1.165, 1.54) is 0 Å². The van der Waals surface area contributed by atoms with E-state index in [0.29, 0.717) is 11.3 Å². The third-order valence-corrected chi connectivity index (χ3v) is 3.13. The SMILES string of the molecule is CCCNc1ccccc1C(=O)NCCSC(F)(F)F. The highest BCUT2D eigenvalue weighted by Gasteiger charge is 2.27.